The van der Waals surface area contributed by atoms with E-state index in [4.69, 9.17) is 11.6 Å². The highest BCUT2D eigenvalue weighted by molar-refractivity contribution is 6.33. The molecule has 0 saturated carbocycles. The fraction of sp³-hybridized carbons (Fsp3) is 0.562. The van der Waals surface area contributed by atoms with Crippen LogP contribution in [-0.2, 0) is 4.79 Å². The summed E-state index contributed by atoms with van der Waals surface area (Å²) in [5.74, 6) is 0.0148. The van der Waals surface area contributed by atoms with E-state index in [9.17, 15) is 4.79 Å². The molecule has 2 rings (SSSR count). The minimum atomic E-state index is 0.0148. The van der Waals surface area contributed by atoms with Crippen molar-refractivity contribution in [3.8, 4) is 0 Å². The molecule has 1 aliphatic heterocycles. The van der Waals surface area contributed by atoms with Gasteiger partial charge in [-0.3, -0.25) is 4.79 Å². The summed E-state index contributed by atoms with van der Waals surface area (Å²) in [6.07, 6.45) is 2.99. The number of carbonyl (C=O) groups is 1. The zero-order chi connectivity index (χ0) is 15.1. The van der Waals surface area contributed by atoms with E-state index >= 15 is 0 Å². The van der Waals surface area contributed by atoms with E-state index in [0.717, 1.165) is 26.2 Å². The monoisotopic (exact) mass is 309 g/mol. The molecule has 1 atom stereocenters. The van der Waals surface area contributed by atoms with Crippen LogP contribution in [0.1, 0.15) is 26.2 Å². The summed E-state index contributed by atoms with van der Waals surface area (Å²) in [6.45, 7) is 6.04. The predicted molar refractivity (Wildman–Crippen MR) is 87.8 cm³/mol. The second-order valence-electron chi connectivity index (χ2n) is 5.46. The van der Waals surface area contributed by atoms with E-state index in [0.29, 0.717) is 23.2 Å². The standard InChI is InChI=1S/C16H24ClN3O/c1-2-20(12-13-6-5-10-18-13)11-9-16(21)19-15-8-4-3-7-14(15)17/h3-4,7-8,13,18H,2,5-6,9-12H2,1H3,(H,19,21). The van der Waals surface area contributed by atoms with Gasteiger partial charge in [-0.05, 0) is 38.1 Å². The molecule has 0 radical (unpaired) electrons. The van der Waals surface area contributed by atoms with Gasteiger partial charge < -0.3 is 15.5 Å². The molecule has 0 aromatic heterocycles. The Kier molecular flexibility index (Phi) is 6.49. The quantitative estimate of drug-likeness (QED) is 0.814. The maximum Gasteiger partial charge on any atom is 0.225 e. The maximum atomic E-state index is 12.0. The van der Waals surface area contributed by atoms with Crippen molar-refractivity contribution in [1.29, 1.82) is 0 Å². The zero-order valence-corrected chi connectivity index (χ0v) is 13.3. The lowest BCUT2D eigenvalue weighted by Gasteiger charge is -2.23. The van der Waals surface area contributed by atoms with Gasteiger partial charge in [0.1, 0.15) is 0 Å². The Morgan fingerprint density at radius 3 is 2.95 bits per heavy atom. The second kappa shape index (κ2) is 8.37. The van der Waals surface area contributed by atoms with Crippen LogP contribution in [0.25, 0.3) is 0 Å². The Hall–Kier alpha value is -1.10. The number of anilines is 1. The third-order valence-corrected chi connectivity index (χ3v) is 4.22. The number of rotatable bonds is 7. The topological polar surface area (TPSA) is 44.4 Å². The lowest BCUT2D eigenvalue weighted by atomic mass is 10.2. The lowest BCUT2D eigenvalue weighted by Crippen LogP contribution is -2.38. The van der Waals surface area contributed by atoms with Crippen molar-refractivity contribution in [2.75, 3.05) is 31.5 Å². The summed E-state index contributed by atoms with van der Waals surface area (Å²) in [5.41, 5.74) is 0.685. The Morgan fingerprint density at radius 1 is 1.48 bits per heavy atom. The second-order valence-corrected chi connectivity index (χ2v) is 5.87. The van der Waals surface area contributed by atoms with E-state index in [-0.39, 0.29) is 5.91 Å². The summed E-state index contributed by atoms with van der Waals surface area (Å²) in [5, 5.41) is 6.94. The Labute approximate surface area is 131 Å². The van der Waals surface area contributed by atoms with E-state index in [1.807, 2.05) is 18.2 Å². The van der Waals surface area contributed by atoms with E-state index in [1.165, 1.54) is 12.8 Å². The van der Waals surface area contributed by atoms with Gasteiger partial charge >= 0.3 is 0 Å². The summed E-state index contributed by atoms with van der Waals surface area (Å²) >= 11 is 6.04. The van der Waals surface area contributed by atoms with Gasteiger partial charge in [-0.25, -0.2) is 0 Å². The van der Waals surface area contributed by atoms with Crippen LogP contribution in [0.5, 0.6) is 0 Å². The molecule has 2 N–H and O–H groups in total. The molecule has 1 aliphatic rings. The van der Waals surface area contributed by atoms with Crippen molar-refractivity contribution in [3.63, 3.8) is 0 Å². The summed E-state index contributed by atoms with van der Waals surface area (Å²) in [7, 11) is 0. The molecular weight excluding hydrogens is 286 g/mol. The molecular formula is C16H24ClN3O. The normalized spacial score (nSPS) is 18.1. The van der Waals surface area contributed by atoms with Crippen LogP contribution in [-0.4, -0.2) is 43.0 Å². The molecule has 1 saturated heterocycles. The molecule has 1 aromatic carbocycles. The first-order chi connectivity index (χ1) is 10.2. The van der Waals surface area contributed by atoms with Crippen molar-refractivity contribution in [2.24, 2.45) is 0 Å². The first kappa shape index (κ1) is 16.3. The van der Waals surface area contributed by atoms with Gasteiger partial charge in [0.05, 0.1) is 10.7 Å². The van der Waals surface area contributed by atoms with Crippen molar-refractivity contribution >= 4 is 23.2 Å². The summed E-state index contributed by atoms with van der Waals surface area (Å²) < 4.78 is 0. The number of halogens is 1. The van der Waals surface area contributed by atoms with E-state index in [2.05, 4.69) is 22.5 Å². The molecule has 0 aliphatic carbocycles. The van der Waals surface area contributed by atoms with Gasteiger partial charge in [0, 0.05) is 25.6 Å². The SMILES string of the molecule is CCN(CCC(=O)Nc1ccccc1Cl)CC1CCCN1. The van der Waals surface area contributed by atoms with Crippen LogP contribution in [0.15, 0.2) is 24.3 Å². The largest absolute Gasteiger partial charge is 0.325 e. The fourth-order valence-corrected chi connectivity index (χ4v) is 2.82. The number of para-hydroxylation sites is 1. The van der Waals surface area contributed by atoms with Crippen molar-refractivity contribution < 1.29 is 4.79 Å². The minimum Gasteiger partial charge on any atom is -0.325 e. The molecule has 0 bridgehead atoms. The number of carbonyl (C=O) groups excluding carboxylic acids is 1. The molecule has 1 amide bonds. The number of hydrogen-bond donors (Lipinski definition) is 2. The van der Waals surface area contributed by atoms with Gasteiger partial charge in [-0.2, -0.15) is 0 Å². The van der Waals surface area contributed by atoms with Crippen LogP contribution in [0.3, 0.4) is 0 Å². The highest BCUT2D eigenvalue weighted by atomic mass is 35.5. The van der Waals surface area contributed by atoms with Crippen molar-refractivity contribution in [2.45, 2.75) is 32.2 Å². The molecule has 5 heteroatoms. The molecule has 4 nitrogen and oxygen atoms in total. The predicted octanol–water partition coefficient (Wildman–Crippen LogP) is 2.74. The first-order valence-corrected chi connectivity index (χ1v) is 8.07. The van der Waals surface area contributed by atoms with Crippen LogP contribution in [0.2, 0.25) is 5.02 Å². The van der Waals surface area contributed by atoms with Crippen molar-refractivity contribution in [3.05, 3.63) is 29.3 Å². The van der Waals surface area contributed by atoms with E-state index < -0.39 is 0 Å². The average molecular weight is 310 g/mol. The van der Waals surface area contributed by atoms with Crippen molar-refractivity contribution in [1.82, 2.24) is 10.2 Å². The highest BCUT2D eigenvalue weighted by Crippen LogP contribution is 2.20. The van der Waals surface area contributed by atoms with Gasteiger partial charge in [0.25, 0.3) is 0 Å². The summed E-state index contributed by atoms with van der Waals surface area (Å²) in [6, 6.07) is 7.90. The number of benzene rings is 1. The van der Waals surface area contributed by atoms with E-state index in [1.54, 1.807) is 6.07 Å². The number of nitrogens with one attached hydrogen (secondary N) is 2. The third-order valence-electron chi connectivity index (χ3n) is 3.89. The first-order valence-electron chi connectivity index (χ1n) is 7.69. The van der Waals surface area contributed by atoms with Gasteiger partial charge in [-0.1, -0.05) is 30.7 Å². The molecule has 0 spiro atoms. The molecule has 1 unspecified atom stereocenters. The average Bonchev–Trinajstić information content (AvgIpc) is 2.99. The Bertz CT molecular complexity index is 461. The molecule has 1 aromatic rings. The molecule has 116 valence electrons. The van der Waals surface area contributed by atoms with Crippen LogP contribution in [0.4, 0.5) is 5.69 Å². The number of likely N-dealkylation sites (N-methyl/N-ethyl adjacent to an activating group) is 1. The molecule has 1 heterocycles. The highest BCUT2D eigenvalue weighted by Gasteiger charge is 2.17. The van der Waals surface area contributed by atoms with Gasteiger partial charge in [-0.15, -0.1) is 0 Å². The van der Waals surface area contributed by atoms with Crippen LogP contribution >= 0.6 is 11.6 Å². The smallest absolute Gasteiger partial charge is 0.225 e. The lowest BCUT2D eigenvalue weighted by molar-refractivity contribution is -0.116. The maximum absolute atomic E-state index is 12.0. The number of amides is 1. The summed E-state index contributed by atoms with van der Waals surface area (Å²) in [4.78, 5) is 14.3. The third kappa shape index (κ3) is 5.30. The fourth-order valence-electron chi connectivity index (χ4n) is 2.64. The van der Waals surface area contributed by atoms with Crippen LogP contribution in [0, 0.1) is 0 Å². The van der Waals surface area contributed by atoms with Gasteiger partial charge in [0.15, 0.2) is 0 Å². The van der Waals surface area contributed by atoms with Crippen LogP contribution < -0.4 is 10.6 Å². The number of hydrogen-bond acceptors (Lipinski definition) is 3. The zero-order valence-electron chi connectivity index (χ0n) is 12.6. The number of nitrogens with zero attached hydrogens (tertiary/aromatic N) is 1. The van der Waals surface area contributed by atoms with Gasteiger partial charge in [0.2, 0.25) is 5.91 Å². The minimum absolute atomic E-state index is 0.0148. The molecule has 1 fully saturated rings. The Morgan fingerprint density at radius 2 is 2.29 bits per heavy atom. The molecule has 21 heavy (non-hydrogen) atoms. The Balaban J connectivity index is 1.75.